The Morgan fingerprint density at radius 3 is 2.95 bits per heavy atom. The van der Waals surface area contributed by atoms with Gasteiger partial charge in [0.2, 0.25) is 5.91 Å². The van der Waals surface area contributed by atoms with Crippen LogP contribution < -0.4 is 10.6 Å². The fourth-order valence-electron chi connectivity index (χ4n) is 3.32. The summed E-state index contributed by atoms with van der Waals surface area (Å²) in [5.41, 5.74) is 1.16. The molecule has 3 rings (SSSR count). The predicted octanol–water partition coefficient (Wildman–Crippen LogP) is 0.499. The molecule has 1 aromatic rings. The minimum Gasteiger partial charge on any atom is -0.355 e. The molecule has 2 N–H and O–H groups in total. The smallest absolute Gasteiger partial charge is 0.225 e. The average Bonchev–Trinajstić information content (AvgIpc) is 3.05. The number of piperidine rings is 1. The number of carbonyl (C=O) groups is 1. The number of fused-ring (bicyclic) bond motifs is 2. The number of nitrogens with one attached hydrogen (secondary N) is 2. The summed E-state index contributed by atoms with van der Waals surface area (Å²) in [6.07, 6.45) is 5.00. The third-order valence-electron chi connectivity index (χ3n) is 4.34. The van der Waals surface area contributed by atoms with Crippen molar-refractivity contribution >= 4 is 18.3 Å². The third-order valence-corrected chi connectivity index (χ3v) is 4.34. The molecule has 1 aromatic heterocycles. The van der Waals surface area contributed by atoms with Gasteiger partial charge in [0.25, 0.3) is 0 Å². The van der Waals surface area contributed by atoms with Crippen molar-refractivity contribution in [2.45, 2.75) is 25.3 Å². The van der Waals surface area contributed by atoms with Gasteiger partial charge in [-0.3, -0.25) is 9.48 Å². The lowest BCUT2D eigenvalue weighted by molar-refractivity contribution is -0.125. The first-order valence-corrected chi connectivity index (χ1v) is 6.73. The molecular weight excluding hydrogens is 264 g/mol. The summed E-state index contributed by atoms with van der Waals surface area (Å²) < 4.78 is 1.85. The molecule has 2 aliphatic rings. The van der Waals surface area contributed by atoms with Crippen molar-refractivity contribution in [1.29, 1.82) is 0 Å². The first-order chi connectivity index (χ1) is 8.75. The second kappa shape index (κ2) is 5.92. The number of aromatic nitrogens is 2. The van der Waals surface area contributed by atoms with Crippen molar-refractivity contribution in [3.8, 4) is 0 Å². The molecule has 0 unspecified atom stereocenters. The molecule has 1 aliphatic carbocycles. The maximum absolute atomic E-state index is 12.1. The zero-order valence-corrected chi connectivity index (χ0v) is 11.9. The van der Waals surface area contributed by atoms with E-state index in [0.717, 1.165) is 25.1 Å². The van der Waals surface area contributed by atoms with Crippen molar-refractivity contribution in [2.24, 2.45) is 18.9 Å². The van der Waals surface area contributed by atoms with Crippen LogP contribution in [0.2, 0.25) is 0 Å². The highest BCUT2D eigenvalue weighted by Gasteiger charge is 2.45. The van der Waals surface area contributed by atoms with E-state index < -0.39 is 0 Å². The number of nitrogens with zero attached hydrogens (tertiary/aromatic N) is 2. The van der Waals surface area contributed by atoms with Crippen LogP contribution in [0.4, 0.5) is 0 Å². The maximum atomic E-state index is 12.1. The highest BCUT2D eigenvalue weighted by molar-refractivity contribution is 5.85. The number of rotatable bonds is 4. The Labute approximate surface area is 119 Å². The van der Waals surface area contributed by atoms with Gasteiger partial charge in [-0.2, -0.15) is 5.10 Å². The number of amides is 1. The Hall–Kier alpha value is -1.07. The molecule has 106 valence electrons. The minimum atomic E-state index is 0. The number of halogens is 1. The molecule has 19 heavy (non-hydrogen) atoms. The van der Waals surface area contributed by atoms with Gasteiger partial charge in [-0.15, -0.1) is 12.4 Å². The Morgan fingerprint density at radius 2 is 2.42 bits per heavy atom. The van der Waals surface area contributed by atoms with Gasteiger partial charge in [-0.1, -0.05) is 0 Å². The lowest BCUT2D eigenvalue weighted by Crippen LogP contribution is -2.38. The van der Waals surface area contributed by atoms with Crippen LogP contribution in [0, 0.1) is 11.8 Å². The van der Waals surface area contributed by atoms with Crippen LogP contribution in [0.25, 0.3) is 0 Å². The van der Waals surface area contributed by atoms with Gasteiger partial charge < -0.3 is 10.6 Å². The quantitative estimate of drug-likeness (QED) is 0.846. The molecule has 1 saturated carbocycles. The lowest BCUT2D eigenvalue weighted by Gasteiger charge is -2.14. The van der Waals surface area contributed by atoms with Crippen LogP contribution in [0.15, 0.2) is 12.3 Å². The summed E-state index contributed by atoms with van der Waals surface area (Å²) in [7, 11) is 1.93. The van der Waals surface area contributed by atoms with Crippen molar-refractivity contribution in [3.63, 3.8) is 0 Å². The van der Waals surface area contributed by atoms with E-state index in [4.69, 9.17) is 0 Å². The van der Waals surface area contributed by atoms with Gasteiger partial charge in [-0.25, -0.2) is 0 Å². The van der Waals surface area contributed by atoms with E-state index in [-0.39, 0.29) is 24.2 Å². The van der Waals surface area contributed by atoms with E-state index in [1.54, 1.807) is 6.20 Å². The molecule has 2 fully saturated rings. The molecule has 0 aromatic carbocycles. The van der Waals surface area contributed by atoms with Gasteiger partial charge in [0.05, 0.1) is 5.92 Å². The largest absolute Gasteiger partial charge is 0.355 e. The number of hydrogen-bond donors (Lipinski definition) is 2. The van der Waals surface area contributed by atoms with Gasteiger partial charge in [0.1, 0.15) is 0 Å². The highest BCUT2D eigenvalue weighted by atomic mass is 35.5. The van der Waals surface area contributed by atoms with E-state index in [1.165, 1.54) is 6.42 Å². The molecule has 2 bridgehead atoms. The molecule has 2 heterocycles. The fourth-order valence-corrected chi connectivity index (χ4v) is 3.32. The molecule has 1 aliphatic heterocycles. The Morgan fingerprint density at radius 1 is 1.58 bits per heavy atom. The van der Waals surface area contributed by atoms with Crippen molar-refractivity contribution in [3.05, 3.63) is 18.0 Å². The zero-order valence-electron chi connectivity index (χ0n) is 11.1. The topological polar surface area (TPSA) is 59.0 Å². The first kappa shape index (κ1) is 14.3. The van der Waals surface area contributed by atoms with E-state index in [1.807, 2.05) is 17.8 Å². The molecule has 0 spiro atoms. The molecule has 0 radical (unpaired) electrons. The second-order valence-electron chi connectivity index (χ2n) is 5.37. The van der Waals surface area contributed by atoms with E-state index >= 15 is 0 Å². The number of aryl methyl sites for hydroxylation is 1. The Balaban J connectivity index is 0.00000133. The molecular formula is C13H21ClN4O. The molecule has 1 amide bonds. The summed E-state index contributed by atoms with van der Waals surface area (Å²) in [5, 5.41) is 10.6. The SMILES string of the molecule is Cl.Cn1nccc1CCNC(=O)[C@@H]1[C@H]2CC[C@@H]1NC2. The van der Waals surface area contributed by atoms with E-state index in [9.17, 15) is 4.79 Å². The van der Waals surface area contributed by atoms with Gasteiger partial charge in [0.15, 0.2) is 0 Å². The summed E-state index contributed by atoms with van der Waals surface area (Å²) in [6.45, 7) is 1.72. The Kier molecular flexibility index (Phi) is 4.47. The zero-order chi connectivity index (χ0) is 12.5. The molecule has 1 saturated heterocycles. The predicted molar refractivity (Wildman–Crippen MR) is 75.2 cm³/mol. The summed E-state index contributed by atoms with van der Waals surface area (Å²) in [6, 6.07) is 2.42. The van der Waals surface area contributed by atoms with Gasteiger partial charge >= 0.3 is 0 Å². The van der Waals surface area contributed by atoms with Gasteiger partial charge in [-0.05, 0) is 31.4 Å². The maximum Gasteiger partial charge on any atom is 0.225 e. The van der Waals surface area contributed by atoms with Crippen LogP contribution in [0.3, 0.4) is 0 Å². The average molecular weight is 285 g/mol. The van der Waals surface area contributed by atoms with Crippen molar-refractivity contribution in [2.75, 3.05) is 13.1 Å². The number of hydrogen-bond acceptors (Lipinski definition) is 3. The van der Waals surface area contributed by atoms with Crippen LogP contribution in [0.1, 0.15) is 18.5 Å². The van der Waals surface area contributed by atoms with Crippen LogP contribution in [-0.2, 0) is 18.3 Å². The van der Waals surface area contributed by atoms with Crippen molar-refractivity contribution < 1.29 is 4.79 Å². The second-order valence-corrected chi connectivity index (χ2v) is 5.37. The van der Waals surface area contributed by atoms with Gasteiger partial charge in [0, 0.05) is 37.9 Å². The third kappa shape index (κ3) is 2.77. The monoisotopic (exact) mass is 284 g/mol. The highest BCUT2D eigenvalue weighted by Crippen LogP contribution is 2.36. The fraction of sp³-hybridized carbons (Fsp3) is 0.692. The standard InChI is InChI=1S/C13H20N4O.ClH/c1-17-10(5-7-16-17)4-6-14-13(18)12-9-2-3-11(12)15-8-9;/h5,7,9,11-12,15H,2-4,6,8H2,1H3,(H,14,18);1H/t9-,11-,12+;/m0./s1. The lowest BCUT2D eigenvalue weighted by atomic mass is 9.97. The van der Waals surface area contributed by atoms with Crippen LogP contribution in [0.5, 0.6) is 0 Å². The minimum absolute atomic E-state index is 0. The van der Waals surface area contributed by atoms with Crippen molar-refractivity contribution in [1.82, 2.24) is 20.4 Å². The molecule has 3 atom stereocenters. The number of carbonyl (C=O) groups excluding carboxylic acids is 1. The molecule has 5 nitrogen and oxygen atoms in total. The normalized spacial score (nSPS) is 28.2. The summed E-state index contributed by atoms with van der Waals surface area (Å²) in [5.74, 6) is 0.998. The van der Waals surface area contributed by atoms with E-state index in [2.05, 4.69) is 15.7 Å². The molecule has 6 heteroatoms. The van der Waals surface area contributed by atoms with Crippen LogP contribution >= 0.6 is 12.4 Å². The Bertz CT molecular complexity index is 428. The summed E-state index contributed by atoms with van der Waals surface area (Å²) in [4.78, 5) is 12.1. The summed E-state index contributed by atoms with van der Waals surface area (Å²) >= 11 is 0. The first-order valence-electron chi connectivity index (χ1n) is 6.73. The van der Waals surface area contributed by atoms with E-state index in [0.29, 0.717) is 18.5 Å². The van der Waals surface area contributed by atoms with Crippen LogP contribution in [-0.4, -0.2) is 34.8 Å².